The molecule has 150 valence electrons. The highest BCUT2D eigenvalue weighted by Crippen LogP contribution is 2.30. The van der Waals surface area contributed by atoms with Gasteiger partial charge in [0.15, 0.2) is 0 Å². The monoisotopic (exact) mass is 388 g/mol. The molecule has 1 aliphatic carbocycles. The lowest BCUT2D eigenvalue weighted by Crippen LogP contribution is -2.43. The third-order valence-corrected chi connectivity index (χ3v) is 5.68. The molecule has 1 unspecified atom stereocenters. The highest BCUT2D eigenvalue weighted by molar-refractivity contribution is 5.81. The molecule has 0 saturated carbocycles. The lowest BCUT2D eigenvalue weighted by Gasteiger charge is -2.26. The zero-order chi connectivity index (χ0) is 20.1. The molecule has 0 aliphatic heterocycles. The van der Waals surface area contributed by atoms with Gasteiger partial charge in [0.25, 0.3) is 0 Å². The zero-order valence-electron chi connectivity index (χ0n) is 16.6. The molecular weight excluding hydrogens is 360 g/mol. The predicted molar refractivity (Wildman–Crippen MR) is 115 cm³/mol. The first-order valence-corrected chi connectivity index (χ1v) is 10.3. The maximum Gasteiger partial charge on any atom is 0.237 e. The van der Waals surface area contributed by atoms with Crippen LogP contribution in [0.3, 0.4) is 0 Å². The lowest BCUT2D eigenvalue weighted by atomic mass is 9.83. The summed E-state index contributed by atoms with van der Waals surface area (Å²) < 4.78 is 2.02. The third-order valence-electron chi connectivity index (χ3n) is 5.68. The topological polar surface area (TPSA) is 72.9 Å². The fourth-order valence-electron chi connectivity index (χ4n) is 4.13. The number of rotatable bonds is 7. The summed E-state index contributed by atoms with van der Waals surface area (Å²) in [4.78, 5) is 16.9. The molecule has 1 heterocycles. The number of nitrogens with zero attached hydrogens (tertiary/aromatic N) is 2. The van der Waals surface area contributed by atoms with Gasteiger partial charge in [0.2, 0.25) is 5.91 Å². The Hall–Kier alpha value is -2.92. The summed E-state index contributed by atoms with van der Waals surface area (Å²) in [5, 5.41) is 3.06. The Labute approximate surface area is 172 Å². The van der Waals surface area contributed by atoms with Crippen LogP contribution in [0.15, 0.2) is 67.1 Å². The van der Waals surface area contributed by atoms with Crippen LogP contribution >= 0.6 is 0 Å². The molecule has 0 spiro atoms. The molecule has 4 rings (SSSR count). The molecule has 1 aromatic heterocycles. The minimum Gasteiger partial charge on any atom is -0.354 e. The molecule has 2 atom stereocenters. The normalized spacial score (nSPS) is 16.8. The van der Waals surface area contributed by atoms with E-state index in [-0.39, 0.29) is 5.91 Å². The van der Waals surface area contributed by atoms with Gasteiger partial charge in [0.1, 0.15) is 0 Å². The molecule has 5 nitrogen and oxygen atoms in total. The van der Waals surface area contributed by atoms with Crippen LogP contribution in [0.2, 0.25) is 0 Å². The molecule has 1 amide bonds. The maximum atomic E-state index is 12.5. The number of hydrogen-bond donors (Lipinski definition) is 2. The molecule has 5 heteroatoms. The fourth-order valence-corrected chi connectivity index (χ4v) is 4.13. The van der Waals surface area contributed by atoms with Crippen LogP contribution in [0.1, 0.15) is 41.1 Å². The molecule has 0 saturated heterocycles. The van der Waals surface area contributed by atoms with Gasteiger partial charge in [-0.3, -0.25) is 4.79 Å². The summed E-state index contributed by atoms with van der Waals surface area (Å²) in [5.41, 5.74) is 11.0. The number of carbonyl (C=O) groups excluding carboxylic acids is 1. The van der Waals surface area contributed by atoms with Crippen LogP contribution in [-0.2, 0) is 24.2 Å². The van der Waals surface area contributed by atoms with Crippen molar-refractivity contribution in [2.45, 2.75) is 44.2 Å². The number of aromatic nitrogens is 2. The molecule has 3 aromatic rings. The van der Waals surface area contributed by atoms with Crippen LogP contribution in [-0.4, -0.2) is 28.0 Å². The summed E-state index contributed by atoms with van der Waals surface area (Å²) in [6.07, 6.45) is 7.61. The largest absolute Gasteiger partial charge is 0.354 e. The number of hydrogen-bond acceptors (Lipinski definition) is 3. The standard InChI is InChI=1S/C24H28N4O/c25-23(13-21-16-28(17-27-21)15-18-7-2-1-3-8-18)24(29)26-14-20-11-6-10-19-9-4-5-12-22(19)20/h1-5,7-9,12,16-17,20,23H,6,10-11,13-15,25H2,(H,26,29)/t20?,23-/m0/s1. The van der Waals surface area contributed by atoms with Gasteiger partial charge >= 0.3 is 0 Å². The minimum atomic E-state index is -0.589. The first-order chi connectivity index (χ1) is 14.2. The summed E-state index contributed by atoms with van der Waals surface area (Å²) in [5.74, 6) is 0.270. The Morgan fingerprint density at radius 3 is 2.83 bits per heavy atom. The quantitative estimate of drug-likeness (QED) is 0.653. The Morgan fingerprint density at radius 2 is 1.97 bits per heavy atom. The number of imidazole rings is 1. The molecule has 29 heavy (non-hydrogen) atoms. The zero-order valence-corrected chi connectivity index (χ0v) is 16.6. The molecule has 0 fully saturated rings. The minimum absolute atomic E-state index is 0.106. The summed E-state index contributed by atoms with van der Waals surface area (Å²) in [6, 6.07) is 18.2. The average molecular weight is 389 g/mol. The second-order valence-corrected chi connectivity index (χ2v) is 7.87. The Morgan fingerprint density at radius 1 is 1.17 bits per heavy atom. The van der Waals surface area contributed by atoms with E-state index in [0.717, 1.165) is 25.1 Å². The van der Waals surface area contributed by atoms with Crippen molar-refractivity contribution in [3.63, 3.8) is 0 Å². The highest BCUT2D eigenvalue weighted by Gasteiger charge is 2.22. The van der Waals surface area contributed by atoms with Crippen molar-refractivity contribution in [3.05, 3.63) is 89.5 Å². The molecule has 1 aliphatic rings. The van der Waals surface area contributed by atoms with Crippen molar-refractivity contribution in [1.29, 1.82) is 0 Å². The Balaban J connectivity index is 1.29. The summed E-state index contributed by atoms with van der Waals surface area (Å²) >= 11 is 0. The van der Waals surface area contributed by atoms with Crippen LogP contribution in [0.25, 0.3) is 0 Å². The van der Waals surface area contributed by atoms with E-state index in [1.54, 1.807) is 6.33 Å². The highest BCUT2D eigenvalue weighted by atomic mass is 16.2. The van der Waals surface area contributed by atoms with Gasteiger partial charge in [-0.25, -0.2) is 4.98 Å². The van der Waals surface area contributed by atoms with Gasteiger partial charge in [0.05, 0.1) is 18.1 Å². The van der Waals surface area contributed by atoms with E-state index in [0.29, 0.717) is 18.9 Å². The molecule has 0 bridgehead atoms. The van der Waals surface area contributed by atoms with Crippen molar-refractivity contribution in [2.75, 3.05) is 6.54 Å². The van der Waals surface area contributed by atoms with Crippen molar-refractivity contribution >= 4 is 5.91 Å². The van der Waals surface area contributed by atoms with Gasteiger partial charge in [-0.05, 0) is 36.0 Å². The second kappa shape index (κ2) is 9.05. The Kier molecular flexibility index (Phi) is 6.06. The van der Waals surface area contributed by atoms with Gasteiger partial charge in [-0.1, -0.05) is 54.6 Å². The summed E-state index contributed by atoms with van der Waals surface area (Å²) in [6.45, 7) is 1.41. The SMILES string of the molecule is N[C@@H](Cc1cn(Cc2ccccc2)cn1)C(=O)NCC1CCCc2ccccc21. The van der Waals surface area contributed by atoms with E-state index >= 15 is 0 Å². The van der Waals surface area contributed by atoms with E-state index in [9.17, 15) is 4.79 Å². The van der Waals surface area contributed by atoms with Crippen LogP contribution in [0.5, 0.6) is 0 Å². The van der Waals surface area contributed by atoms with Crippen LogP contribution in [0, 0.1) is 0 Å². The molecule has 2 aromatic carbocycles. The molecule has 3 N–H and O–H groups in total. The van der Waals surface area contributed by atoms with E-state index in [1.807, 2.05) is 29.0 Å². The first kappa shape index (κ1) is 19.4. The van der Waals surface area contributed by atoms with Crippen molar-refractivity contribution in [1.82, 2.24) is 14.9 Å². The summed E-state index contributed by atoms with van der Waals surface area (Å²) in [7, 11) is 0. The number of carbonyl (C=O) groups is 1. The van der Waals surface area contributed by atoms with Crippen LogP contribution < -0.4 is 11.1 Å². The van der Waals surface area contributed by atoms with Gasteiger partial charge in [-0.15, -0.1) is 0 Å². The van der Waals surface area contributed by atoms with Crippen LogP contribution in [0.4, 0.5) is 0 Å². The van der Waals surface area contributed by atoms with E-state index in [4.69, 9.17) is 5.73 Å². The molecular formula is C24H28N4O. The first-order valence-electron chi connectivity index (χ1n) is 10.3. The van der Waals surface area contributed by atoms with E-state index in [2.05, 4.69) is 46.7 Å². The number of benzene rings is 2. The second-order valence-electron chi connectivity index (χ2n) is 7.87. The fraction of sp³-hybridized carbons (Fsp3) is 0.333. The van der Waals surface area contributed by atoms with Gasteiger partial charge < -0.3 is 15.6 Å². The third kappa shape index (κ3) is 4.93. The van der Waals surface area contributed by atoms with Gasteiger partial charge in [-0.2, -0.15) is 0 Å². The molecule has 0 radical (unpaired) electrons. The smallest absolute Gasteiger partial charge is 0.237 e. The van der Waals surface area contributed by atoms with E-state index < -0.39 is 6.04 Å². The van der Waals surface area contributed by atoms with Gasteiger partial charge in [0, 0.05) is 31.6 Å². The average Bonchev–Trinajstić information content (AvgIpc) is 3.19. The predicted octanol–water partition coefficient (Wildman–Crippen LogP) is 3.04. The van der Waals surface area contributed by atoms with E-state index in [1.165, 1.54) is 23.1 Å². The number of amides is 1. The Bertz CT molecular complexity index is 950. The van der Waals surface area contributed by atoms with Crippen molar-refractivity contribution in [2.24, 2.45) is 5.73 Å². The van der Waals surface area contributed by atoms with Crippen molar-refractivity contribution in [3.8, 4) is 0 Å². The lowest BCUT2D eigenvalue weighted by molar-refractivity contribution is -0.122. The number of aryl methyl sites for hydroxylation is 1. The van der Waals surface area contributed by atoms with Crippen molar-refractivity contribution < 1.29 is 4.79 Å². The number of fused-ring (bicyclic) bond motifs is 1. The maximum absolute atomic E-state index is 12.5. The number of nitrogens with one attached hydrogen (secondary N) is 1. The number of nitrogens with two attached hydrogens (primary N) is 1.